The molecule has 2 aromatic heterocycles. The summed E-state index contributed by atoms with van der Waals surface area (Å²) in [6, 6.07) is 8.38. The average Bonchev–Trinajstić information content (AvgIpc) is 3.01. The molecule has 5 nitrogen and oxygen atoms in total. The number of aromatic nitrogens is 4. The molecule has 1 N–H and O–H groups in total. The second-order valence-corrected chi connectivity index (χ2v) is 5.25. The minimum Gasteiger partial charge on any atom is -0.316 e. The van der Waals surface area contributed by atoms with Crippen LogP contribution in [-0.2, 0) is 19.6 Å². The van der Waals surface area contributed by atoms with E-state index >= 15 is 0 Å². The van der Waals surface area contributed by atoms with Crippen molar-refractivity contribution in [2.45, 2.75) is 33.5 Å². The Hall–Kier alpha value is -2.14. The zero-order valence-corrected chi connectivity index (χ0v) is 12.8. The maximum Gasteiger partial charge on any atom is 0.0918 e. The van der Waals surface area contributed by atoms with Crippen molar-refractivity contribution in [1.29, 1.82) is 0 Å². The number of benzene rings is 1. The van der Waals surface area contributed by atoms with E-state index in [1.807, 2.05) is 18.7 Å². The van der Waals surface area contributed by atoms with Gasteiger partial charge in [-0.1, -0.05) is 18.2 Å². The molecule has 0 unspecified atom stereocenters. The zero-order chi connectivity index (χ0) is 14.8. The van der Waals surface area contributed by atoms with Crippen LogP contribution in [0, 0.1) is 6.92 Å². The second-order valence-electron chi connectivity index (χ2n) is 5.25. The topological polar surface area (TPSA) is 47.7 Å². The first kappa shape index (κ1) is 13.8. The van der Waals surface area contributed by atoms with E-state index in [1.165, 1.54) is 16.5 Å². The molecule has 2 heterocycles. The van der Waals surface area contributed by atoms with Gasteiger partial charge < -0.3 is 5.32 Å². The largest absolute Gasteiger partial charge is 0.316 e. The van der Waals surface area contributed by atoms with Gasteiger partial charge in [0.05, 0.1) is 23.4 Å². The molecule has 0 atom stereocenters. The van der Waals surface area contributed by atoms with Gasteiger partial charge in [-0.15, -0.1) is 0 Å². The minimum atomic E-state index is 0.706. The van der Waals surface area contributed by atoms with Crippen LogP contribution in [0.2, 0.25) is 0 Å². The lowest BCUT2D eigenvalue weighted by Gasteiger charge is -1.98. The summed E-state index contributed by atoms with van der Waals surface area (Å²) in [5.74, 6) is 0. The molecule has 0 bridgehead atoms. The maximum atomic E-state index is 4.73. The molecular formula is C16H21N5. The van der Waals surface area contributed by atoms with Crippen LogP contribution >= 0.6 is 0 Å². The molecule has 0 aliphatic heterocycles. The first-order valence-electron chi connectivity index (χ1n) is 7.35. The number of nitrogens with zero attached hydrogens (tertiary/aromatic N) is 4. The van der Waals surface area contributed by atoms with E-state index in [2.05, 4.69) is 52.5 Å². The van der Waals surface area contributed by atoms with Gasteiger partial charge in [-0.3, -0.25) is 9.36 Å². The van der Waals surface area contributed by atoms with E-state index in [1.54, 1.807) is 0 Å². The summed E-state index contributed by atoms with van der Waals surface area (Å²) >= 11 is 0. The van der Waals surface area contributed by atoms with Crippen molar-refractivity contribution in [3.63, 3.8) is 0 Å². The quantitative estimate of drug-likeness (QED) is 0.782. The van der Waals surface area contributed by atoms with E-state index in [4.69, 9.17) is 5.10 Å². The number of hydrogen-bond acceptors (Lipinski definition) is 3. The normalized spacial score (nSPS) is 11.4. The van der Waals surface area contributed by atoms with Gasteiger partial charge in [-0.25, -0.2) is 0 Å². The highest BCUT2D eigenvalue weighted by Gasteiger charge is 2.11. The summed E-state index contributed by atoms with van der Waals surface area (Å²) < 4.78 is 4.03. The van der Waals surface area contributed by atoms with Crippen molar-refractivity contribution in [2.75, 3.05) is 7.05 Å². The number of nitrogens with one attached hydrogen (secondary N) is 1. The molecule has 3 aromatic rings. The third kappa shape index (κ3) is 2.56. The molecular weight excluding hydrogens is 262 g/mol. The van der Waals surface area contributed by atoms with Crippen LogP contribution in [0.15, 0.2) is 30.5 Å². The predicted molar refractivity (Wildman–Crippen MR) is 84.2 cm³/mol. The van der Waals surface area contributed by atoms with Crippen LogP contribution < -0.4 is 5.32 Å². The Bertz CT molecular complexity index is 753. The van der Waals surface area contributed by atoms with Gasteiger partial charge in [0.15, 0.2) is 0 Å². The Labute approximate surface area is 124 Å². The molecule has 0 radical (unpaired) electrons. The summed E-state index contributed by atoms with van der Waals surface area (Å²) in [4.78, 5) is 0. The number of aryl methyl sites for hydroxylation is 2. The molecule has 21 heavy (non-hydrogen) atoms. The lowest BCUT2D eigenvalue weighted by Crippen LogP contribution is -2.05. The van der Waals surface area contributed by atoms with Crippen molar-refractivity contribution < 1.29 is 0 Å². The molecule has 0 saturated carbocycles. The fourth-order valence-electron chi connectivity index (χ4n) is 2.71. The van der Waals surface area contributed by atoms with Crippen molar-refractivity contribution in [3.8, 4) is 0 Å². The third-order valence-corrected chi connectivity index (χ3v) is 3.76. The Morgan fingerprint density at radius 2 is 2.00 bits per heavy atom. The molecule has 0 aliphatic carbocycles. The first-order valence-corrected chi connectivity index (χ1v) is 7.35. The lowest BCUT2D eigenvalue weighted by molar-refractivity contribution is 0.624. The monoisotopic (exact) mass is 283 g/mol. The standard InChI is InChI=1S/C16H21N5/c1-4-21-16-8-6-5-7-14(16)15(19-21)11-20-10-13(9-17-3)12(2)18-20/h5-8,10,17H,4,9,11H2,1-3H3. The highest BCUT2D eigenvalue weighted by molar-refractivity contribution is 5.81. The molecule has 0 spiro atoms. The fraction of sp³-hybridized carbons (Fsp3) is 0.375. The SMILES string of the molecule is CCn1nc(Cn2cc(CNC)c(C)n2)c2ccccc21. The summed E-state index contributed by atoms with van der Waals surface area (Å²) in [6.45, 7) is 6.59. The highest BCUT2D eigenvalue weighted by Crippen LogP contribution is 2.19. The molecule has 0 aliphatic rings. The highest BCUT2D eigenvalue weighted by atomic mass is 15.3. The summed E-state index contributed by atoms with van der Waals surface area (Å²) in [6.07, 6.45) is 2.10. The lowest BCUT2D eigenvalue weighted by atomic mass is 10.2. The summed E-state index contributed by atoms with van der Waals surface area (Å²) in [7, 11) is 1.95. The van der Waals surface area contributed by atoms with E-state index in [-0.39, 0.29) is 0 Å². The Kier molecular flexibility index (Phi) is 3.75. The smallest absolute Gasteiger partial charge is 0.0918 e. The van der Waals surface area contributed by atoms with Crippen molar-refractivity contribution >= 4 is 10.9 Å². The number of fused-ring (bicyclic) bond motifs is 1. The van der Waals surface area contributed by atoms with Gasteiger partial charge in [0.2, 0.25) is 0 Å². The van der Waals surface area contributed by atoms with Crippen molar-refractivity contribution in [2.24, 2.45) is 0 Å². The molecule has 3 rings (SSSR count). The van der Waals surface area contributed by atoms with E-state index < -0.39 is 0 Å². The number of rotatable bonds is 5. The van der Waals surface area contributed by atoms with Crippen LogP contribution in [0.5, 0.6) is 0 Å². The van der Waals surface area contributed by atoms with Crippen molar-refractivity contribution in [3.05, 3.63) is 47.4 Å². The van der Waals surface area contributed by atoms with Gasteiger partial charge >= 0.3 is 0 Å². The molecule has 5 heteroatoms. The van der Waals surface area contributed by atoms with Gasteiger partial charge in [0.1, 0.15) is 0 Å². The van der Waals surface area contributed by atoms with Crippen LogP contribution in [0.3, 0.4) is 0 Å². The molecule has 110 valence electrons. The van der Waals surface area contributed by atoms with Crippen LogP contribution in [0.4, 0.5) is 0 Å². The predicted octanol–water partition coefficient (Wildman–Crippen LogP) is 2.33. The van der Waals surface area contributed by atoms with Gasteiger partial charge in [-0.2, -0.15) is 10.2 Å². The molecule has 0 saturated heterocycles. The number of para-hydroxylation sites is 1. The molecule has 1 aromatic carbocycles. The van der Waals surface area contributed by atoms with Crippen LogP contribution in [0.1, 0.15) is 23.9 Å². The van der Waals surface area contributed by atoms with Crippen LogP contribution in [0.25, 0.3) is 10.9 Å². The third-order valence-electron chi connectivity index (χ3n) is 3.76. The Morgan fingerprint density at radius 3 is 2.76 bits per heavy atom. The van der Waals surface area contributed by atoms with Gasteiger partial charge in [0, 0.05) is 30.2 Å². The molecule has 0 amide bonds. The van der Waals surface area contributed by atoms with Gasteiger partial charge in [-0.05, 0) is 27.0 Å². The zero-order valence-electron chi connectivity index (χ0n) is 12.8. The van der Waals surface area contributed by atoms with E-state index in [0.29, 0.717) is 6.54 Å². The van der Waals surface area contributed by atoms with Crippen molar-refractivity contribution in [1.82, 2.24) is 24.9 Å². The summed E-state index contributed by atoms with van der Waals surface area (Å²) in [5, 5.41) is 13.7. The maximum absolute atomic E-state index is 4.73. The molecule has 0 fully saturated rings. The minimum absolute atomic E-state index is 0.706. The average molecular weight is 283 g/mol. The van der Waals surface area contributed by atoms with E-state index in [0.717, 1.165) is 24.5 Å². The second kappa shape index (κ2) is 5.69. The Morgan fingerprint density at radius 1 is 1.19 bits per heavy atom. The van der Waals surface area contributed by atoms with Crippen LogP contribution in [-0.4, -0.2) is 26.6 Å². The Balaban J connectivity index is 1.96. The number of hydrogen-bond donors (Lipinski definition) is 1. The van der Waals surface area contributed by atoms with E-state index in [9.17, 15) is 0 Å². The summed E-state index contributed by atoms with van der Waals surface area (Å²) in [5.41, 5.74) is 4.57. The first-order chi connectivity index (χ1) is 10.2. The van der Waals surface area contributed by atoms with Gasteiger partial charge in [0.25, 0.3) is 0 Å². The fourth-order valence-corrected chi connectivity index (χ4v) is 2.71.